The van der Waals surface area contributed by atoms with Gasteiger partial charge in [0.2, 0.25) is 5.91 Å². The van der Waals surface area contributed by atoms with E-state index >= 15 is 0 Å². The van der Waals surface area contributed by atoms with Gasteiger partial charge in [-0.05, 0) is 19.3 Å². The van der Waals surface area contributed by atoms with E-state index in [0.717, 1.165) is 19.5 Å². The van der Waals surface area contributed by atoms with Gasteiger partial charge in [0.15, 0.2) is 0 Å². The fourth-order valence-corrected chi connectivity index (χ4v) is 1.11. The molecule has 1 amide bonds. The molecule has 1 fully saturated rings. The number of hydrogen-bond donors (Lipinski definition) is 2. The van der Waals surface area contributed by atoms with Gasteiger partial charge in [-0.1, -0.05) is 0 Å². The van der Waals surface area contributed by atoms with Gasteiger partial charge in [-0.25, -0.2) is 0 Å². The van der Waals surface area contributed by atoms with Crippen molar-refractivity contribution in [1.82, 2.24) is 10.6 Å². The predicted molar refractivity (Wildman–Crippen MR) is 42.8 cm³/mol. The van der Waals surface area contributed by atoms with Crippen molar-refractivity contribution in [3.8, 4) is 0 Å². The molecule has 0 spiro atoms. The highest BCUT2D eigenvalue weighted by molar-refractivity contribution is 6.19. The summed E-state index contributed by atoms with van der Waals surface area (Å²) >= 11 is 0. The third kappa shape index (κ3) is 2.03. The molecule has 4 heteroatoms. The third-order valence-electron chi connectivity index (χ3n) is 1.75. The molecule has 0 radical (unpaired) electrons. The Morgan fingerprint density at radius 2 is 2.60 bits per heavy atom. The van der Waals surface area contributed by atoms with Crippen LogP contribution in [0.3, 0.4) is 0 Å². The maximum atomic E-state index is 10.8. The molecule has 1 aliphatic heterocycles. The normalized spacial score (nSPS) is 24.6. The third-order valence-corrected chi connectivity index (χ3v) is 1.75. The van der Waals surface area contributed by atoms with Crippen molar-refractivity contribution in [1.29, 1.82) is 0 Å². The summed E-state index contributed by atoms with van der Waals surface area (Å²) in [7, 11) is 1.87. The molecule has 1 rings (SSSR count). The van der Waals surface area contributed by atoms with Gasteiger partial charge in [0, 0.05) is 12.6 Å². The number of nitrogens with one attached hydrogen (secondary N) is 2. The van der Waals surface area contributed by atoms with Crippen LogP contribution in [0.1, 0.15) is 6.42 Å². The Kier molecular flexibility index (Phi) is 2.74. The van der Waals surface area contributed by atoms with Crippen molar-refractivity contribution in [2.45, 2.75) is 18.8 Å². The molecule has 1 aliphatic rings. The van der Waals surface area contributed by atoms with Crippen LogP contribution in [-0.2, 0) is 4.79 Å². The zero-order valence-corrected chi connectivity index (χ0v) is 6.31. The van der Waals surface area contributed by atoms with Crippen LogP contribution in [0, 0.1) is 0 Å². The zero-order valence-electron chi connectivity index (χ0n) is 6.31. The smallest absolute Gasteiger partial charge is 0.212 e. The van der Waals surface area contributed by atoms with E-state index in [9.17, 15) is 4.79 Å². The molecule has 3 nitrogen and oxygen atoms in total. The van der Waals surface area contributed by atoms with Crippen LogP contribution in [0.4, 0.5) is 0 Å². The molecule has 0 aromatic heterocycles. The highest BCUT2D eigenvalue weighted by atomic mass is 16.1. The van der Waals surface area contributed by atoms with E-state index in [4.69, 9.17) is 0 Å². The van der Waals surface area contributed by atoms with Crippen molar-refractivity contribution >= 4 is 13.8 Å². The Labute approximate surface area is 62.0 Å². The Morgan fingerprint density at radius 1 is 1.80 bits per heavy atom. The molecule has 1 heterocycles. The molecule has 1 saturated heterocycles. The molecule has 0 aromatic carbocycles. The van der Waals surface area contributed by atoms with Crippen molar-refractivity contribution in [2.75, 3.05) is 13.1 Å². The van der Waals surface area contributed by atoms with Gasteiger partial charge < -0.3 is 10.6 Å². The summed E-state index contributed by atoms with van der Waals surface area (Å²) in [5.41, 5.74) is 0. The number of carbonyl (C=O) groups is 1. The first kappa shape index (κ1) is 7.60. The van der Waals surface area contributed by atoms with Gasteiger partial charge >= 0.3 is 0 Å². The Bertz CT molecular complexity index is 123. The minimum absolute atomic E-state index is 0.161. The summed E-state index contributed by atoms with van der Waals surface area (Å²) in [4.78, 5) is 10.8. The molecular weight excluding hydrogens is 127 g/mol. The van der Waals surface area contributed by atoms with Crippen LogP contribution in [0.5, 0.6) is 0 Å². The molecule has 2 N–H and O–H groups in total. The second kappa shape index (κ2) is 3.61. The lowest BCUT2D eigenvalue weighted by Gasteiger charge is -2.08. The van der Waals surface area contributed by atoms with Gasteiger partial charge in [0.25, 0.3) is 0 Å². The second-order valence-corrected chi connectivity index (χ2v) is 2.61. The maximum absolute atomic E-state index is 10.8. The standard InChI is InChI=1S/C6H13BN2O/c7-3-6(10)9-5-1-2-8-4-5/h5,8H,1-4,7H2,(H,9,10)/t5-/m1/s1. The van der Waals surface area contributed by atoms with Crippen molar-refractivity contribution in [3.05, 3.63) is 0 Å². The van der Waals surface area contributed by atoms with Crippen molar-refractivity contribution in [2.24, 2.45) is 0 Å². The molecule has 10 heavy (non-hydrogen) atoms. The van der Waals surface area contributed by atoms with E-state index in [0.29, 0.717) is 12.4 Å². The monoisotopic (exact) mass is 140 g/mol. The topological polar surface area (TPSA) is 41.1 Å². The lowest BCUT2D eigenvalue weighted by Crippen LogP contribution is -2.35. The number of carbonyl (C=O) groups excluding carboxylic acids is 1. The number of hydrogen-bond acceptors (Lipinski definition) is 2. The first-order valence-corrected chi connectivity index (χ1v) is 3.83. The average Bonchev–Trinajstić information content (AvgIpc) is 2.40. The van der Waals surface area contributed by atoms with E-state index in [1.165, 1.54) is 0 Å². The Morgan fingerprint density at radius 3 is 3.10 bits per heavy atom. The maximum Gasteiger partial charge on any atom is 0.212 e. The average molecular weight is 140 g/mol. The highest BCUT2D eigenvalue weighted by Crippen LogP contribution is 1.96. The fraction of sp³-hybridized carbons (Fsp3) is 0.833. The summed E-state index contributed by atoms with van der Waals surface area (Å²) in [6.07, 6.45) is 1.67. The van der Waals surface area contributed by atoms with E-state index in [1.54, 1.807) is 0 Å². The minimum Gasteiger partial charge on any atom is -0.353 e. The summed E-state index contributed by atoms with van der Waals surface area (Å²) in [5.74, 6) is 0.161. The molecule has 56 valence electrons. The van der Waals surface area contributed by atoms with Gasteiger partial charge in [-0.3, -0.25) is 4.79 Å². The molecule has 0 saturated carbocycles. The lowest BCUT2D eigenvalue weighted by atomic mass is 10.0. The predicted octanol–water partition coefficient (Wildman–Crippen LogP) is -1.48. The number of rotatable bonds is 2. The summed E-state index contributed by atoms with van der Waals surface area (Å²) in [5, 5.41) is 6.11. The molecular formula is C6H13BN2O. The van der Waals surface area contributed by atoms with Gasteiger partial charge in [-0.15, -0.1) is 0 Å². The van der Waals surface area contributed by atoms with Gasteiger partial charge in [-0.2, -0.15) is 0 Å². The summed E-state index contributed by atoms with van der Waals surface area (Å²) in [6.45, 7) is 1.97. The first-order valence-electron chi connectivity index (χ1n) is 3.83. The fourth-order valence-electron chi connectivity index (χ4n) is 1.11. The van der Waals surface area contributed by atoms with Gasteiger partial charge in [0.1, 0.15) is 7.85 Å². The van der Waals surface area contributed by atoms with Crippen molar-refractivity contribution < 1.29 is 4.79 Å². The zero-order chi connectivity index (χ0) is 7.40. The molecule has 0 bridgehead atoms. The van der Waals surface area contributed by atoms with E-state index in [2.05, 4.69) is 10.6 Å². The first-order chi connectivity index (χ1) is 4.83. The van der Waals surface area contributed by atoms with Crippen LogP contribution in [0.2, 0.25) is 6.32 Å². The number of amides is 1. The van der Waals surface area contributed by atoms with E-state index in [1.807, 2.05) is 7.85 Å². The van der Waals surface area contributed by atoms with Gasteiger partial charge in [0.05, 0.1) is 0 Å². The van der Waals surface area contributed by atoms with Crippen LogP contribution in [0.25, 0.3) is 0 Å². The lowest BCUT2D eigenvalue weighted by molar-refractivity contribution is -0.119. The largest absolute Gasteiger partial charge is 0.353 e. The van der Waals surface area contributed by atoms with Crippen molar-refractivity contribution in [3.63, 3.8) is 0 Å². The molecule has 0 aromatic rings. The van der Waals surface area contributed by atoms with Crippen LogP contribution in [0.15, 0.2) is 0 Å². The summed E-state index contributed by atoms with van der Waals surface area (Å²) < 4.78 is 0. The van der Waals surface area contributed by atoms with E-state index in [-0.39, 0.29) is 5.91 Å². The highest BCUT2D eigenvalue weighted by Gasteiger charge is 2.14. The van der Waals surface area contributed by atoms with E-state index < -0.39 is 0 Å². The van der Waals surface area contributed by atoms with Crippen LogP contribution >= 0.6 is 0 Å². The van der Waals surface area contributed by atoms with Crippen LogP contribution < -0.4 is 10.6 Å². The Balaban J connectivity index is 2.17. The minimum atomic E-state index is 0.161. The SMILES string of the molecule is BCC(=O)N[C@@H]1CCNC1. The quantitative estimate of drug-likeness (QED) is 0.459. The second-order valence-electron chi connectivity index (χ2n) is 2.61. The molecule has 1 atom stereocenters. The molecule has 0 unspecified atom stereocenters. The van der Waals surface area contributed by atoms with Crippen LogP contribution in [-0.4, -0.2) is 32.9 Å². The summed E-state index contributed by atoms with van der Waals surface area (Å²) in [6, 6.07) is 0.382. The molecule has 0 aliphatic carbocycles. The Hall–Kier alpha value is -0.505.